The number of phenols is 1. The van der Waals surface area contributed by atoms with Gasteiger partial charge in [0.2, 0.25) is 5.75 Å². The van der Waals surface area contributed by atoms with Crippen LogP contribution in [0.15, 0.2) is 91.0 Å². The summed E-state index contributed by atoms with van der Waals surface area (Å²) in [4.78, 5) is 23.7. The van der Waals surface area contributed by atoms with Crippen LogP contribution in [-0.4, -0.2) is 62.0 Å². The summed E-state index contributed by atoms with van der Waals surface area (Å²) < 4.78 is 13.2. The van der Waals surface area contributed by atoms with Crippen LogP contribution in [0.3, 0.4) is 0 Å². The number of aromatic nitrogens is 2. The highest BCUT2D eigenvalue weighted by Crippen LogP contribution is 2.43. The summed E-state index contributed by atoms with van der Waals surface area (Å²) in [5, 5.41) is 10.9. The molecule has 4 aromatic carbocycles. The Morgan fingerprint density at radius 1 is 0.727 bits per heavy atom. The molecule has 226 valence electrons. The Kier molecular flexibility index (Phi) is 8.90. The van der Waals surface area contributed by atoms with Gasteiger partial charge in [0.05, 0.1) is 24.6 Å². The van der Waals surface area contributed by atoms with Crippen molar-refractivity contribution in [2.24, 2.45) is 0 Å². The number of hydrogen-bond acceptors (Lipinski definition) is 7. The molecule has 0 unspecified atom stereocenters. The Labute approximate surface area is 258 Å². The van der Waals surface area contributed by atoms with Crippen molar-refractivity contribution in [2.45, 2.75) is 13.8 Å². The highest BCUT2D eigenvalue weighted by molar-refractivity contribution is 6.03. The third-order valence-electron chi connectivity index (χ3n) is 7.31. The van der Waals surface area contributed by atoms with Gasteiger partial charge < -0.3 is 24.4 Å². The molecule has 1 aromatic heterocycles. The minimum Gasteiger partial charge on any atom is -0.502 e. The fourth-order valence-electron chi connectivity index (χ4n) is 5.07. The summed E-state index contributed by atoms with van der Waals surface area (Å²) in [6.07, 6.45) is 0. The van der Waals surface area contributed by atoms with Crippen LogP contribution in [0.5, 0.6) is 17.2 Å². The van der Waals surface area contributed by atoms with Crippen molar-refractivity contribution in [3.8, 4) is 51.2 Å². The van der Waals surface area contributed by atoms with E-state index in [2.05, 4.69) is 0 Å². The number of hydrogen-bond donors (Lipinski definition) is 1. The second kappa shape index (κ2) is 13.0. The maximum atomic E-state index is 14.5. The standard InChI is InChI=1S/C36H38N4O4/c1-7-43-30-22-27(23-31(34(30)41)44-8-2)35-37-32(24-14-18-28(19-15-24)38(3)4)33(25-16-20-29(21-17-25)39(5)6)40(35)36(42)26-12-10-9-11-13-26/h9-23,41H,7-8H2,1-6H3. The number of carbonyl (C=O) groups excluding carboxylic acids is 1. The molecule has 44 heavy (non-hydrogen) atoms. The van der Waals surface area contributed by atoms with Gasteiger partial charge in [-0.1, -0.05) is 42.5 Å². The summed E-state index contributed by atoms with van der Waals surface area (Å²) in [5.74, 6) is 0.580. The van der Waals surface area contributed by atoms with E-state index < -0.39 is 0 Å². The van der Waals surface area contributed by atoms with Crippen LogP contribution in [0.2, 0.25) is 0 Å². The Morgan fingerprint density at radius 3 is 1.70 bits per heavy atom. The van der Waals surface area contributed by atoms with Gasteiger partial charge in [-0.05, 0) is 62.4 Å². The van der Waals surface area contributed by atoms with Gasteiger partial charge in [-0.15, -0.1) is 0 Å². The van der Waals surface area contributed by atoms with E-state index in [0.717, 1.165) is 22.5 Å². The van der Waals surface area contributed by atoms with Crippen LogP contribution in [0.4, 0.5) is 11.4 Å². The average molecular weight is 591 g/mol. The molecule has 5 aromatic rings. The van der Waals surface area contributed by atoms with E-state index in [1.807, 2.05) is 119 Å². The lowest BCUT2D eigenvalue weighted by Crippen LogP contribution is -2.15. The van der Waals surface area contributed by atoms with Crippen molar-refractivity contribution in [1.29, 1.82) is 0 Å². The number of carbonyl (C=O) groups is 1. The predicted octanol–water partition coefficient (Wildman–Crippen LogP) is 7.21. The number of rotatable bonds is 10. The first-order valence-electron chi connectivity index (χ1n) is 14.6. The van der Waals surface area contributed by atoms with Gasteiger partial charge in [0.25, 0.3) is 5.91 Å². The van der Waals surface area contributed by atoms with Gasteiger partial charge in [0.1, 0.15) is 5.82 Å². The summed E-state index contributed by atoms with van der Waals surface area (Å²) in [6, 6.07) is 28.8. The minimum atomic E-state index is -0.236. The van der Waals surface area contributed by atoms with E-state index >= 15 is 0 Å². The summed E-state index contributed by atoms with van der Waals surface area (Å²) in [6.45, 7) is 4.37. The molecule has 8 nitrogen and oxygen atoms in total. The molecule has 1 N–H and O–H groups in total. The van der Waals surface area contributed by atoms with Crippen molar-refractivity contribution < 1.29 is 19.4 Å². The monoisotopic (exact) mass is 590 g/mol. The zero-order chi connectivity index (χ0) is 31.4. The van der Waals surface area contributed by atoms with Crippen LogP contribution in [-0.2, 0) is 0 Å². The summed E-state index contributed by atoms with van der Waals surface area (Å²) in [7, 11) is 7.97. The number of anilines is 2. The number of nitrogens with zero attached hydrogens (tertiary/aromatic N) is 4. The van der Waals surface area contributed by atoms with Crippen LogP contribution in [0, 0.1) is 0 Å². The Morgan fingerprint density at radius 2 is 1.23 bits per heavy atom. The molecule has 1 heterocycles. The molecular formula is C36H38N4O4. The molecule has 0 aliphatic rings. The molecule has 0 saturated heterocycles. The van der Waals surface area contributed by atoms with Crippen LogP contribution >= 0.6 is 0 Å². The number of aromatic hydroxyl groups is 1. The molecule has 5 rings (SSSR count). The molecule has 0 saturated carbocycles. The lowest BCUT2D eigenvalue weighted by atomic mass is 10.0. The largest absolute Gasteiger partial charge is 0.502 e. The quantitative estimate of drug-likeness (QED) is 0.184. The zero-order valence-corrected chi connectivity index (χ0v) is 26.0. The smallest absolute Gasteiger partial charge is 0.264 e. The molecule has 0 aliphatic heterocycles. The van der Waals surface area contributed by atoms with Gasteiger partial charge in [-0.2, -0.15) is 0 Å². The molecule has 0 spiro atoms. The Hall–Kier alpha value is -5.24. The maximum absolute atomic E-state index is 14.5. The molecule has 0 atom stereocenters. The van der Waals surface area contributed by atoms with E-state index in [-0.39, 0.29) is 23.2 Å². The summed E-state index contributed by atoms with van der Waals surface area (Å²) in [5.41, 5.74) is 6.16. The first kappa shape index (κ1) is 30.2. The third-order valence-corrected chi connectivity index (χ3v) is 7.31. The van der Waals surface area contributed by atoms with E-state index in [4.69, 9.17) is 14.5 Å². The second-order valence-electron chi connectivity index (χ2n) is 10.7. The van der Waals surface area contributed by atoms with Crippen molar-refractivity contribution in [1.82, 2.24) is 9.55 Å². The van der Waals surface area contributed by atoms with Crippen LogP contribution in [0.1, 0.15) is 24.2 Å². The second-order valence-corrected chi connectivity index (χ2v) is 10.7. The maximum Gasteiger partial charge on any atom is 0.264 e. The highest BCUT2D eigenvalue weighted by atomic mass is 16.5. The third kappa shape index (κ3) is 5.97. The van der Waals surface area contributed by atoms with Crippen LogP contribution < -0.4 is 19.3 Å². The first-order valence-corrected chi connectivity index (χ1v) is 14.6. The molecule has 0 radical (unpaired) electrons. The summed E-state index contributed by atoms with van der Waals surface area (Å²) >= 11 is 0. The van der Waals surface area contributed by atoms with Crippen molar-refractivity contribution in [3.63, 3.8) is 0 Å². The highest BCUT2D eigenvalue weighted by Gasteiger charge is 2.28. The molecular weight excluding hydrogens is 552 g/mol. The number of ether oxygens (including phenoxy) is 2. The Bertz CT molecular complexity index is 1720. The minimum absolute atomic E-state index is 0.0936. The average Bonchev–Trinajstić information content (AvgIpc) is 3.44. The number of phenolic OH excluding ortho intramolecular Hbond substituents is 1. The fraction of sp³-hybridized carbons (Fsp3) is 0.222. The number of benzene rings is 4. The van der Waals surface area contributed by atoms with E-state index in [1.165, 1.54) is 0 Å². The fourth-order valence-corrected chi connectivity index (χ4v) is 5.07. The normalized spacial score (nSPS) is 10.9. The van der Waals surface area contributed by atoms with Crippen LogP contribution in [0.25, 0.3) is 33.9 Å². The van der Waals surface area contributed by atoms with E-state index in [9.17, 15) is 9.90 Å². The topological polar surface area (TPSA) is 80.1 Å². The van der Waals surface area contributed by atoms with Gasteiger partial charge in [0.15, 0.2) is 11.5 Å². The molecule has 0 amide bonds. The van der Waals surface area contributed by atoms with Crippen molar-refractivity contribution >= 4 is 17.3 Å². The zero-order valence-electron chi connectivity index (χ0n) is 26.0. The van der Waals surface area contributed by atoms with Gasteiger partial charge in [-0.3, -0.25) is 9.36 Å². The molecule has 0 fully saturated rings. The van der Waals surface area contributed by atoms with Crippen molar-refractivity contribution in [2.75, 3.05) is 51.2 Å². The van der Waals surface area contributed by atoms with Crippen molar-refractivity contribution in [3.05, 3.63) is 96.6 Å². The van der Waals surface area contributed by atoms with Gasteiger partial charge in [-0.25, -0.2) is 4.98 Å². The van der Waals surface area contributed by atoms with E-state index in [1.54, 1.807) is 28.8 Å². The predicted molar refractivity (Wildman–Crippen MR) is 177 cm³/mol. The lowest BCUT2D eigenvalue weighted by molar-refractivity contribution is 0.0963. The first-order chi connectivity index (χ1) is 21.2. The van der Waals surface area contributed by atoms with E-state index in [0.29, 0.717) is 41.6 Å². The Balaban J connectivity index is 1.86. The molecule has 0 bridgehead atoms. The SMILES string of the molecule is CCOc1cc(-c2nc(-c3ccc(N(C)C)cc3)c(-c3ccc(N(C)C)cc3)n2C(=O)c2ccccc2)cc(OCC)c1O. The van der Waals surface area contributed by atoms with Gasteiger partial charge >= 0.3 is 0 Å². The van der Waals surface area contributed by atoms with Gasteiger partial charge in [0, 0.05) is 61.8 Å². The lowest BCUT2D eigenvalue weighted by Gasteiger charge is -2.16. The molecule has 0 aliphatic carbocycles. The number of imidazole rings is 1. The molecule has 8 heteroatoms.